The minimum atomic E-state index is -0.601. The molecule has 1 nitrogen and oxygen atoms in total. The molecule has 0 unspecified atom stereocenters. The average Bonchev–Trinajstić information content (AvgIpc) is 3.40. The highest BCUT2D eigenvalue weighted by atomic mass is 16.3. The summed E-state index contributed by atoms with van der Waals surface area (Å²) in [6.45, 7) is 4.73. The largest absolute Gasteiger partial charge is 0.456 e. The zero-order valence-electron chi connectivity index (χ0n) is 24.3. The summed E-state index contributed by atoms with van der Waals surface area (Å²) < 4.78 is 7.08. The van der Waals surface area contributed by atoms with Crippen LogP contribution in [0, 0.1) is 0 Å². The Kier molecular flexibility index (Phi) is 4.94. The molecule has 9 rings (SSSR count). The van der Waals surface area contributed by atoms with Gasteiger partial charge in [0.05, 0.1) is 5.41 Å². The van der Waals surface area contributed by atoms with Gasteiger partial charge in [-0.1, -0.05) is 141 Å². The Morgan fingerprint density at radius 1 is 0.442 bits per heavy atom. The second-order valence-corrected chi connectivity index (χ2v) is 12.5. The minimum absolute atomic E-state index is 0.166. The molecule has 1 aliphatic rings. The monoisotopic (exact) mass is 550 g/mol. The van der Waals surface area contributed by atoms with E-state index in [0.29, 0.717) is 0 Å². The van der Waals surface area contributed by atoms with Crippen molar-refractivity contribution in [3.8, 4) is 0 Å². The highest BCUT2D eigenvalue weighted by Gasteiger charge is 2.50. The van der Waals surface area contributed by atoms with Crippen LogP contribution in [0.4, 0.5) is 0 Å². The van der Waals surface area contributed by atoms with E-state index in [1.54, 1.807) is 0 Å². The molecule has 8 aromatic rings. The third-order valence-corrected chi connectivity index (χ3v) is 9.94. The van der Waals surface area contributed by atoms with Crippen molar-refractivity contribution in [2.45, 2.75) is 24.7 Å². The lowest BCUT2D eigenvalue weighted by molar-refractivity contribution is 0.556. The summed E-state index contributed by atoms with van der Waals surface area (Å²) in [4.78, 5) is 0. The van der Waals surface area contributed by atoms with Gasteiger partial charge in [-0.3, -0.25) is 0 Å². The SMILES string of the molecule is CC1(C)c2ccccc2C(c2ccccc2)(c2c3ccccc3cc3c2oc2cc4ccccc4cc23)c2ccccc21. The van der Waals surface area contributed by atoms with Crippen molar-refractivity contribution in [1.29, 1.82) is 0 Å². The van der Waals surface area contributed by atoms with E-state index in [2.05, 4.69) is 159 Å². The van der Waals surface area contributed by atoms with Crippen LogP contribution in [-0.2, 0) is 10.8 Å². The number of hydrogen-bond acceptors (Lipinski definition) is 1. The fraction of sp³-hybridized carbons (Fsp3) is 0.0952. The third-order valence-electron chi connectivity index (χ3n) is 9.94. The summed E-state index contributed by atoms with van der Waals surface area (Å²) in [5, 5.41) is 7.15. The Bertz CT molecular complexity index is 2320. The zero-order valence-corrected chi connectivity index (χ0v) is 24.3. The maximum Gasteiger partial charge on any atom is 0.140 e. The van der Waals surface area contributed by atoms with E-state index in [0.717, 1.165) is 21.9 Å². The average molecular weight is 551 g/mol. The summed E-state index contributed by atoms with van der Waals surface area (Å²) in [5.74, 6) is 0. The molecule has 1 aliphatic carbocycles. The van der Waals surface area contributed by atoms with Crippen LogP contribution in [0.1, 0.15) is 47.2 Å². The molecule has 0 saturated carbocycles. The maximum atomic E-state index is 7.08. The van der Waals surface area contributed by atoms with Crippen LogP contribution in [-0.4, -0.2) is 0 Å². The molecule has 0 N–H and O–H groups in total. The molecule has 7 aromatic carbocycles. The summed E-state index contributed by atoms with van der Waals surface area (Å²) in [6.07, 6.45) is 0. The molecule has 0 atom stereocenters. The molecule has 0 amide bonds. The summed E-state index contributed by atoms with van der Waals surface area (Å²) in [7, 11) is 0. The Hall–Kier alpha value is -5.14. The first kappa shape index (κ1) is 24.5. The molecule has 0 spiro atoms. The molecule has 0 aliphatic heterocycles. The van der Waals surface area contributed by atoms with E-state index in [4.69, 9.17) is 4.42 Å². The lowest BCUT2D eigenvalue weighted by atomic mass is 9.54. The highest BCUT2D eigenvalue weighted by molar-refractivity contribution is 6.16. The van der Waals surface area contributed by atoms with Crippen molar-refractivity contribution < 1.29 is 4.42 Å². The predicted octanol–water partition coefficient (Wildman–Crippen LogP) is 10.9. The van der Waals surface area contributed by atoms with Gasteiger partial charge in [-0.25, -0.2) is 0 Å². The molecule has 0 saturated heterocycles. The quantitative estimate of drug-likeness (QED) is 0.209. The van der Waals surface area contributed by atoms with E-state index in [1.165, 1.54) is 54.9 Å². The van der Waals surface area contributed by atoms with Crippen LogP contribution in [0.5, 0.6) is 0 Å². The van der Waals surface area contributed by atoms with Gasteiger partial charge < -0.3 is 4.42 Å². The second-order valence-electron chi connectivity index (χ2n) is 12.5. The van der Waals surface area contributed by atoms with Gasteiger partial charge in [0, 0.05) is 21.8 Å². The molecule has 1 aromatic heterocycles. The summed E-state index contributed by atoms with van der Waals surface area (Å²) >= 11 is 0. The van der Waals surface area contributed by atoms with Crippen molar-refractivity contribution in [2.24, 2.45) is 0 Å². The smallest absolute Gasteiger partial charge is 0.140 e. The number of rotatable bonds is 2. The number of fused-ring (bicyclic) bond motifs is 7. The van der Waals surface area contributed by atoms with Gasteiger partial charge in [0.1, 0.15) is 11.2 Å². The zero-order chi connectivity index (χ0) is 28.8. The first-order valence-electron chi connectivity index (χ1n) is 15.1. The molecule has 43 heavy (non-hydrogen) atoms. The van der Waals surface area contributed by atoms with Crippen molar-refractivity contribution in [3.63, 3.8) is 0 Å². The molecule has 0 bridgehead atoms. The van der Waals surface area contributed by atoms with Gasteiger partial charge in [-0.15, -0.1) is 0 Å². The molecule has 1 heterocycles. The maximum absolute atomic E-state index is 7.08. The highest BCUT2D eigenvalue weighted by Crippen LogP contribution is 2.58. The Morgan fingerprint density at radius 3 is 1.63 bits per heavy atom. The van der Waals surface area contributed by atoms with Gasteiger partial charge in [-0.2, -0.15) is 0 Å². The first-order chi connectivity index (χ1) is 21.1. The topological polar surface area (TPSA) is 13.1 Å². The van der Waals surface area contributed by atoms with Crippen LogP contribution in [0.2, 0.25) is 0 Å². The molecular weight excluding hydrogens is 520 g/mol. The van der Waals surface area contributed by atoms with Crippen molar-refractivity contribution in [1.82, 2.24) is 0 Å². The van der Waals surface area contributed by atoms with Crippen LogP contribution in [0.15, 0.2) is 150 Å². The molecular formula is C42H30O. The van der Waals surface area contributed by atoms with Gasteiger partial charge in [0.2, 0.25) is 0 Å². The van der Waals surface area contributed by atoms with E-state index in [9.17, 15) is 0 Å². The van der Waals surface area contributed by atoms with Gasteiger partial charge in [0.25, 0.3) is 0 Å². The van der Waals surface area contributed by atoms with Crippen molar-refractivity contribution in [3.05, 3.63) is 179 Å². The molecule has 0 fully saturated rings. The van der Waals surface area contributed by atoms with E-state index in [1.807, 2.05) is 0 Å². The number of hydrogen-bond donors (Lipinski definition) is 0. The third kappa shape index (κ3) is 3.17. The van der Waals surface area contributed by atoms with Crippen LogP contribution in [0.3, 0.4) is 0 Å². The van der Waals surface area contributed by atoms with Crippen LogP contribution in [0.25, 0.3) is 43.5 Å². The van der Waals surface area contributed by atoms with Crippen LogP contribution >= 0.6 is 0 Å². The van der Waals surface area contributed by atoms with E-state index in [-0.39, 0.29) is 5.41 Å². The van der Waals surface area contributed by atoms with E-state index < -0.39 is 5.41 Å². The Balaban J connectivity index is 1.57. The van der Waals surface area contributed by atoms with Gasteiger partial charge in [0.15, 0.2) is 0 Å². The predicted molar refractivity (Wildman–Crippen MR) is 179 cm³/mol. The normalized spacial score (nSPS) is 15.1. The lowest BCUT2D eigenvalue weighted by Gasteiger charge is -2.48. The van der Waals surface area contributed by atoms with E-state index >= 15 is 0 Å². The summed E-state index contributed by atoms with van der Waals surface area (Å²) in [5.41, 5.74) is 8.89. The molecule has 1 heteroatoms. The molecule has 204 valence electrons. The Labute approximate surface area is 251 Å². The minimum Gasteiger partial charge on any atom is -0.456 e. The fourth-order valence-corrected chi connectivity index (χ4v) is 8.04. The van der Waals surface area contributed by atoms with Crippen LogP contribution < -0.4 is 0 Å². The fourth-order valence-electron chi connectivity index (χ4n) is 8.04. The first-order valence-corrected chi connectivity index (χ1v) is 15.1. The second kappa shape index (κ2) is 8.69. The van der Waals surface area contributed by atoms with Gasteiger partial charge >= 0.3 is 0 Å². The van der Waals surface area contributed by atoms with Crippen molar-refractivity contribution >= 4 is 43.5 Å². The lowest BCUT2D eigenvalue weighted by Crippen LogP contribution is -2.42. The van der Waals surface area contributed by atoms with Crippen molar-refractivity contribution in [2.75, 3.05) is 0 Å². The number of furan rings is 1. The Morgan fingerprint density at radius 2 is 0.953 bits per heavy atom. The standard InChI is InChI=1S/C42H30O/c1-41(2)34-20-10-12-22-36(34)42(30-17-4-3-5-18-30,37-23-13-11-21-35(37)41)39-31-19-9-8-16-29(31)25-33-32-24-27-14-6-7-15-28(27)26-38(32)43-40(33)39/h3-26H,1-2H3. The molecule has 0 radical (unpaired) electrons. The van der Waals surface area contributed by atoms with Gasteiger partial charge in [-0.05, 0) is 67.6 Å². The number of benzene rings is 7. The summed E-state index contributed by atoms with van der Waals surface area (Å²) in [6, 6.07) is 53.5.